The zero-order chi connectivity index (χ0) is 31.0. The molecule has 15 heteroatoms. The van der Waals surface area contributed by atoms with Crippen LogP contribution >= 0.6 is 0 Å². The smallest absolute Gasteiger partial charge is 0.258 e. The Hall–Kier alpha value is -3.92. The van der Waals surface area contributed by atoms with Gasteiger partial charge in [0.1, 0.15) is 17.7 Å². The van der Waals surface area contributed by atoms with Crippen molar-refractivity contribution in [2.24, 2.45) is 0 Å². The molecule has 0 aliphatic carbocycles. The number of carbonyl (C=O) groups excluding carboxylic acids is 2. The number of nitrogens with zero attached hydrogens (tertiary/aromatic N) is 4. The fourth-order valence-corrected chi connectivity index (χ4v) is 7.12. The van der Waals surface area contributed by atoms with Gasteiger partial charge in [0.25, 0.3) is 11.8 Å². The van der Waals surface area contributed by atoms with Crippen LogP contribution in [0.3, 0.4) is 0 Å². The van der Waals surface area contributed by atoms with E-state index in [0.717, 1.165) is 54.7 Å². The number of aromatic nitrogens is 2. The summed E-state index contributed by atoms with van der Waals surface area (Å²) in [5.74, 6) is -2.77. The highest BCUT2D eigenvalue weighted by atomic mass is 32.2. The largest absolute Gasteiger partial charge is 0.369 e. The van der Waals surface area contributed by atoms with E-state index >= 15 is 0 Å². The first kappa shape index (κ1) is 30.1. The lowest BCUT2D eigenvalue weighted by Gasteiger charge is -2.34. The third-order valence-corrected chi connectivity index (χ3v) is 10.0. The van der Waals surface area contributed by atoms with Crippen LogP contribution in [0.1, 0.15) is 34.5 Å². The molecule has 0 unspecified atom stereocenters. The predicted molar refractivity (Wildman–Crippen MR) is 158 cm³/mol. The lowest BCUT2D eigenvalue weighted by Crippen LogP contribution is -2.44. The molecule has 44 heavy (non-hydrogen) atoms. The minimum absolute atomic E-state index is 0.0518. The highest BCUT2D eigenvalue weighted by Gasteiger charge is 2.33. The Labute approximate surface area is 253 Å². The lowest BCUT2D eigenvalue weighted by molar-refractivity contribution is -0.124. The van der Waals surface area contributed by atoms with Gasteiger partial charge in [-0.25, -0.2) is 17.2 Å². The van der Waals surface area contributed by atoms with Crippen LogP contribution in [0.4, 0.5) is 26.0 Å². The van der Waals surface area contributed by atoms with Gasteiger partial charge in [-0.15, -0.1) is 0 Å². The van der Waals surface area contributed by atoms with Crippen molar-refractivity contribution in [1.29, 1.82) is 0 Å². The number of aromatic amines is 1. The molecule has 3 aromatic rings. The summed E-state index contributed by atoms with van der Waals surface area (Å²) in [4.78, 5) is 30.6. The summed E-state index contributed by atoms with van der Waals surface area (Å²) in [5.41, 5.74) is 2.45. The van der Waals surface area contributed by atoms with Crippen LogP contribution in [0, 0.1) is 11.6 Å². The van der Waals surface area contributed by atoms with E-state index in [-0.39, 0.29) is 36.8 Å². The average molecular weight is 630 g/mol. The first-order valence-electron chi connectivity index (χ1n) is 14.4. The van der Waals surface area contributed by atoms with Crippen LogP contribution in [-0.4, -0.2) is 92.1 Å². The Kier molecular flexibility index (Phi) is 8.37. The first-order valence-corrected chi connectivity index (χ1v) is 15.9. The van der Waals surface area contributed by atoms with Gasteiger partial charge >= 0.3 is 0 Å². The van der Waals surface area contributed by atoms with Crippen molar-refractivity contribution in [3.63, 3.8) is 0 Å². The van der Waals surface area contributed by atoms with E-state index in [9.17, 15) is 26.8 Å². The van der Waals surface area contributed by atoms with Crippen LogP contribution in [0.15, 0.2) is 41.3 Å². The van der Waals surface area contributed by atoms with Crippen molar-refractivity contribution in [3.8, 4) is 0 Å². The zero-order valence-electron chi connectivity index (χ0n) is 24.1. The molecule has 2 saturated heterocycles. The summed E-state index contributed by atoms with van der Waals surface area (Å²) in [7, 11) is -2.18. The van der Waals surface area contributed by atoms with E-state index in [2.05, 4.69) is 37.7 Å². The summed E-state index contributed by atoms with van der Waals surface area (Å²) >= 11 is 0. The fraction of sp³-hybridized carbons (Fsp3) is 0.414. The number of ether oxygens (including phenoxy) is 1. The number of piperazine rings is 1. The molecule has 3 aliphatic rings. The van der Waals surface area contributed by atoms with Crippen molar-refractivity contribution >= 4 is 39.0 Å². The van der Waals surface area contributed by atoms with Gasteiger partial charge in [0.05, 0.1) is 16.1 Å². The molecule has 3 aliphatic heterocycles. The molecule has 234 valence electrons. The van der Waals surface area contributed by atoms with Gasteiger partial charge in [-0.05, 0) is 50.2 Å². The van der Waals surface area contributed by atoms with Crippen LogP contribution in [0.25, 0.3) is 0 Å². The maximum absolute atomic E-state index is 13.8. The third kappa shape index (κ3) is 6.18. The second-order valence-corrected chi connectivity index (χ2v) is 13.1. The minimum Gasteiger partial charge on any atom is -0.369 e. The molecule has 4 heterocycles. The predicted octanol–water partition coefficient (Wildman–Crippen LogP) is 2.56. The Bertz CT molecular complexity index is 1660. The lowest BCUT2D eigenvalue weighted by atomic mass is 10.1. The minimum atomic E-state index is -4.24. The van der Waals surface area contributed by atoms with Gasteiger partial charge in [-0.2, -0.15) is 9.40 Å². The number of anilines is 3. The Morgan fingerprint density at radius 1 is 1.02 bits per heavy atom. The number of likely N-dealkylation sites (N-methyl/N-ethyl adjacent to an activating group) is 1. The summed E-state index contributed by atoms with van der Waals surface area (Å²) in [6, 6.07) is 7.39. The van der Waals surface area contributed by atoms with Gasteiger partial charge < -0.3 is 25.2 Å². The number of H-pyrrole nitrogens is 1. The zero-order valence-corrected chi connectivity index (χ0v) is 24.9. The molecule has 0 saturated carbocycles. The maximum atomic E-state index is 13.8. The van der Waals surface area contributed by atoms with Crippen molar-refractivity contribution in [2.75, 3.05) is 61.9 Å². The normalized spacial score (nSPS) is 19.5. The summed E-state index contributed by atoms with van der Waals surface area (Å²) in [6.45, 7) is 3.72. The van der Waals surface area contributed by atoms with Crippen molar-refractivity contribution in [3.05, 3.63) is 64.9 Å². The fourth-order valence-electron chi connectivity index (χ4n) is 5.67. The Morgan fingerprint density at radius 2 is 1.77 bits per heavy atom. The Balaban J connectivity index is 1.24. The van der Waals surface area contributed by atoms with E-state index in [1.54, 1.807) is 12.1 Å². The molecular weight excluding hydrogens is 596 g/mol. The molecule has 1 atom stereocenters. The number of halogens is 2. The van der Waals surface area contributed by atoms with E-state index in [1.165, 1.54) is 0 Å². The number of sulfonamides is 1. The van der Waals surface area contributed by atoms with Gasteiger partial charge in [-0.1, -0.05) is 0 Å². The van der Waals surface area contributed by atoms with Gasteiger partial charge in [0.15, 0.2) is 5.82 Å². The van der Waals surface area contributed by atoms with Gasteiger partial charge in [0.2, 0.25) is 10.0 Å². The molecule has 1 aromatic heterocycles. The molecule has 2 aromatic carbocycles. The third-order valence-electron chi connectivity index (χ3n) is 8.20. The SMILES string of the molecule is CN1CCN(c2ccc(C(=O)Nc3n[nH]c4c3CN(S(=O)(=O)c3cc(F)cc(F)c3)CC4)c(NC(=O)[C@H]3CCCO3)c2)CC1. The standard InChI is InChI=1S/C29H33F2N7O5S/c1-36-8-10-37(11-9-36)20-4-5-22(25(16-20)32-29(40)26-3-2-12-43-26)28(39)33-27-23-17-38(7-6-24(23)34-35-27)44(41,42)21-14-18(30)13-19(31)15-21/h4-5,13-16,26H,2-3,6-12,17H2,1H3,(H,32,40)(H2,33,34,35,39)/t26-/m1/s1. The molecule has 12 nitrogen and oxygen atoms in total. The second-order valence-electron chi connectivity index (χ2n) is 11.2. The molecule has 3 N–H and O–H groups in total. The van der Waals surface area contributed by atoms with Crippen LogP contribution in [0.2, 0.25) is 0 Å². The maximum Gasteiger partial charge on any atom is 0.258 e. The van der Waals surface area contributed by atoms with Crippen molar-refractivity contribution in [2.45, 2.75) is 36.8 Å². The first-order chi connectivity index (χ1) is 21.1. The van der Waals surface area contributed by atoms with Crippen LogP contribution in [-0.2, 0) is 32.5 Å². The number of amides is 2. The van der Waals surface area contributed by atoms with E-state index < -0.39 is 38.6 Å². The van der Waals surface area contributed by atoms with Gasteiger partial charge in [-0.3, -0.25) is 14.7 Å². The second kappa shape index (κ2) is 12.2. The monoisotopic (exact) mass is 629 g/mol. The summed E-state index contributed by atoms with van der Waals surface area (Å²) in [6.07, 6.45) is 1.01. The molecule has 6 rings (SSSR count). The number of benzene rings is 2. The number of rotatable bonds is 7. The Morgan fingerprint density at radius 3 is 2.48 bits per heavy atom. The molecule has 0 spiro atoms. The van der Waals surface area contributed by atoms with Crippen LogP contribution < -0.4 is 15.5 Å². The average Bonchev–Trinajstić information content (AvgIpc) is 3.68. The molecule has 2 fully saturated rings. The number of fused-ring (bicyclic) bond motifs is 1. The quantitative estimate of drug-likeness (QED) is 0.363. The molecule has 2 amide bonds. The number of hydrogen-bond donors (Lipinski definition) is 3. The van der Waals surface area contributed by atoms with Crippen molar-refractivity contribution < 1.29 is 31.5 Å². The van der Waals surface area contributed by atoms with Gasteiger partial charge in [0, 0.05) is 75.3 Å². The highest BCUT2D eigenvalue weighted by Crippen LogP contribution is 2.31. The van der Waals surface area contributed by atoms with E-state index in [4.69, 9.17) is 4.74 Å². The number of nitrogens with one attached hydrogen (secondary N) is 3. The molecule has 0 bridgehead atoms. The molecular formula is C29H33F2N7O5S. The van der Waals surface area contributed by atoms with Crippen molar-refractivity contribution in [1.82, 2.24) is 19.4 Å². The summed E-state index contributed by atoms with van der Waals surface area (Å²) < 4.78 is 60.7. The number of carbonyl (C=O) groups is 2. The van der Waals surface area contributed by atoms with E-state index in [0.29, 0.717) is 36.0 Å². The van der Waals surface area contributed by atoms with Crippen LogP contribution in [0.5, 0.6) is 0 Å². The topological polar surface area (TPSA) is 140 Å². The summed E-state index contributed by atoms with van der Waals surface area (Å²) in [5, 5.41) is 12.7. The number of hydrogen-bond acceptors (Lipinski definition) is 8. The highest BCUT2D eigenvalue weighted by molar-refractivity contribution is 7.89. The molecule has 0 radical (unpaired) electrons. The van der Waals surface area contributed by atoms with E-state index in [1.807, 2.05) is 6.07 Å².